The number of ether oxygens (including phenoxy) is 5. The molecule has 0 aromatic heterocycles. The molecule has 1 aliphatic carbocycles. The summed E-state index contributed by atoms with van der Waals surface area (Å²) >= 11 is 0. The number of aliphatic hydroxyl groups is 2. The number of fused-ring (bicyclic) bond motifs is 3. The number of amides is 1. The minimum atomic E-state index is -2.43. The number of Topliss-reactive ketones (excluding diaryl/α,β-unsaturated/α-hetero) is 3. The summed E-state index contributed by atoms with van der Waals surface area (Å²) in [6, 6.07) is -1.11. The molecule has 0 radical (unpaired) electrons. The van der Waals surface area contributed by atoms with Gasteiger partial charge >= 0.3 is 13.8 Å². The second-order valence-electron chi connectivity index (χ2n) is 20.6. The minimum absolute atomic E-state index is 0.0161. The number of nitrogens with one attached hydrogen (secondary N) is 1. The van der Waals surface area contributed by atoms with Crippen LogP contribution in [0.5, 0.6) is 0 Å². The number of esters is 1. The molecule has 2 bridgehead atoms. The average Bonchev–Trinajstić information content (AvgIpc) is 3.32. The van der Waals surface area contributed by atoms with Gasteiger partial charge in [0.1, 0.15) is 36.8 Å². The van der Waals surface area contributed by atoms with Crippen LogP contribution in [0.15, 0.2) is 47.6 Å². The van der Waals surface area contributed by atoms with E-state index in [-0.39, 0.29) is 60.9 Å². The molecule has 4 rings (SSSR count). The molecule has 3 heterocycles. The number of piperidine rings is 1. The Morgan fingerprint density at radius 2 is 1.62 bits per heavy atom. The van der Waals surface area contributed by atoms with Crippen molar-refractivity contribution in [2.45, 2.75) is 180 Å². The lowest BCUT2D eigenvalue weighted by molar-refractivity contribution is -0.265. The van der Waals surface area contributed by atoms with Crippen LogP contribution in [0.3, 0.4) is 0 Å². The summed E-state index contributed by atoms with van der Waals surface area (Å²) in [5.41, 5.74) is 1.27. The van der Waals surface area contributed by atoms with Crippen molar-refractivity contribution >= 4 is 37.0 Å². The highest BCUT2D eigenvalue weighted by Crippen LogP contribution is 2.38. The van der Waals surface area contributed by atoms with E-state index in [1.807, 2.05) is 58.1 Å². The van der Waals surface area contributed by atoms with E-state index in [0.29, 0.717) is 63.2 Å². The summed E-state index contributed by atoms with van der Waals surface area (Å²) in [7, 11) is 3.25. The van der Waals surface area contributed by atoms with Gasteiger partial charge < -0.3 is 38.8 Å². The van der Waals surface area contributed by atoms with Gasteiger partial charge in [-0.15, -0.1) is 0 Å². The van der Waals surface area contributed by atoms with Gasteiger partial charge in [-0.2, -0.15) is 0 Å². The number of aliphatic hydroxyl groups excluding tert-OH is 1. The van der Waals surface area contributed by atoms with Gasteiger partial charge in [-0.25, -0.2) is 4.79 Å². The van der Waals surface area contributed by atoms with Crippen molar-refractivity contribution in [3.8, 4) is 0 Å². The fraction of sp³-hybridized carbons (Fsp3) is 0.755. The van der Waals surface area contributed by atoms with Crippen molar-refractivity contribution in [3.63, 3.8) is 0 Å². The predicted molar refractivity (Wildman–Crippen MR) is 264 cm³/mol. The van der Waals surface area contributed by atoms with Crippen LogP contribution in [-0.2, 0) is 52.2 Å². The number of rotatable bonds is 9. The number of carbonyl (C=O) groups is 5. The Labute approximate surface area is 412 Å². The molecule has 69 heavy (non-hydrogen) atoms. The summed E-state index contributed by atoms with van der Waals surface area (Å²) in [6.45, 7) is 14.5. The van der Waals surface area contributed by atoms with Crippen molar-refractivity contribution in [2.24, 2.45) is 35.5 Å². The van der Waals surface area contributed by atoms with Crippen LogP contribution in [-0.4, -0.2) is 140 Å². The average molecular weight is 988 g/mol. The molecule has 2 saturated heterocycles. The van der Waals surface area contributed by atoms with Crippen molar-refractivity contribution in [2.75, 3.05) is 40.8 Å². The fourth-order valence-corrected chi connectivity index (χ4v) is 11.1. The highest BCUT2D eigenvalue weighted by Gasteiger charge is 2.53. The number of ketones is 3. The molecule has 16 heteroatoms. The topological polar surface area (TPSA) is 204 Å². The molecule has 4 unspecified atom stereocenters. The number of methoxy groups -OCH3 is 3. The maximum Gasteiger partial charge on any atom is 0.350 e. The number of hydrogen-bond acceptors (Lipinski definition) is 14. The molecule has 3 fully saturated rings. The lowest BCUT2D eigenvalue weighted by atomic mass is 9.77. The Morgan fingerprint density at radius 3 is 2.29 bits per heavy atom. The quantitative estimate of drug-likeness (QED) is 0.0906. The molecule has 1 amide bonds. The summed E-state index contributed by atoms with van der Waals surface area (Å²) in [5, 5.41) is 26.9. The SMILES string of the molecule is CO[C@H]1C[C@@H]2CC[C@@H](C)[C@@](O)(O2)C(=O)C(=O)N2CCCC[C@H]2C(=O)OC([C@H](C)CC2CCC(NC[P+](C)=O)[C@H](OC)C2)CC(=O)[C@H](C)/C=C(\C)[C@@H](O)[C@@H](OC)C(=O)[C@H](C)C[C@H](C)/C=C/C=C/C=C/1C. The third-order valence-electron chi connectivity index (χ3n) is 15.1. The lowest BCUT2D eigenvalue weighted by Crippen LogP contribution is -2.61. The highest BCUT2D eigenvalue weighted by atomic mass is 31.1. The van der Waals surface area contributed by atoms with E-state index in [9.17, 15) is 38.8 Å². The van der Waals surface area contributed by atoms with Crippen LogP contribution in [0.2, 0.25) is 0 Å². The molecule has 1 saturated carbocycles. The number of nitrogens with zero attached hydrogens (tertiary/aromatic N) is 1. The van der Waals surface area contributed by atoms with Crippen molar-refractivity contribution < 1.29 is 62.4 Å². The molecule has 3 N–H and O–H groups in total. The molecule has 16 atom stereocenters. The van der Waals surface area contributed by atoms with Crippen molar-refractivity contribution in [3.05, 3.63) is 47.6 Å². The highest BCUT2D eigenvalue weighted by molar-refractivity contribution is 7.43. The van der Waals surface area contributed by atoms with Gasteiger partial charge in [0.25, 0.3) is 11.7 Å². The second-order valence-corrected chi connectivity index (χ2v) is 22.2. The Morgan fingerprint density at radius 1 is 0.899 bits per heavy atom. The molecule has 15 nitrogen and oxygen atoms in total. The van der Waals surface area contributed by atoms with E-state index >= 15 is 0 Å². The van der Waals surface area contributed by atoms with Gasteiger partial charge in [-0.05, 0) is 107 Å². The number of allylic oxidation sites excluding steroid dienone is 6. The first-order valence-electron chi connectivity index (χ1n) is 25.3. The standard InChI is InChI=1S/C53H84N2O13P/c1-32-17-13-12-14-18-33(2)44(64-8)29-40-22-20-38(7)53(62,68-40)50(59)51(60)55-24-16-15-19-42(55)52(61)67-45(35(4)27-39-21-23-41(46(28-39)65-9)54-31-69(11)63)30-43(56)34(3)26-37(6)48(58)49(66-10)47(57)36(5)25-32/h12-14,17-18,26,32,34-36,38-42,44-46,48-49,54,58,62H,15-16,19-25,27-31H2,1-11H3/q+1/b14-12+,17-13+,33-18+,37-26+/t32-,34-,35-,36-,38-,39?,40+,41?,42+,44+,45?,46-,48-,49+,53-/m1/s1. The zero-order chi connectivity index (χ0) is 51.2. The van der Waals surface area contributed by atoms with E-state index in [1.54, 1.807) is 47.7 Å². The van der Waals surface area contributed by atoms with Gasteiger partial charge in [-0.3, -0.25) is 24.5 Å². The normalized spacial score (nSPS) is 39.0. The first-order valence-corrected chi connectivity index (χ1v) is 27.1. The van der Waals surface area contributed by atoms with Crippen LogP contribution < -0.4 is 5.32 Å². The van der Waals surface area contributed by atoms with Gasteiger partial charge in [0, 0.05) is 64.5 Å². The van der Waals surface area contributed by atoms with Crippen LogP contribution in [0.4, 0.5) is 0 Å². The van der Waals surface area contributed by atoms with Crippen LogP contribution in [0.25, 0.3) is 0 Å². The van der Waals surface area contributed by atoms with Gasteiger partial charge in [0.15, 0.2) is 12.1 Å². The summed E-state index contributed by atoms with van der Waals surface area (Å²) in [4.78, 5) is 72.3. The largest absolute Gasteiger partial charge is 0.460 e. The molecule has 388 valence electrons. The molecule has 0 aromatic carbocycles. The summed E-state index contributed by atoms with van der Waals surface area (Å²) in [6.07, 6.45) is 12.9. The third kappa shape index (κ3) is 16.1. The smallest absolute Gasteiger partial charge is 0.350 e. The van der Waals surface area contributed by atoms with E-state index in [0.717, 1.165) is 18.4 Å². The Hall–Kier alpha value is -3.27. The number of carbonyl (C=O) groups excluding carboxylic acids is 5. The first-order chi connectivity index (χ1) is 32.6. The van der Waals surface area contributed by atoms with E-state index in [4.69, 9.17) is 23.7 Å². The Balaban J connectivity index is 1.70. The number of cyclic esters (lactones) is 1. The van der Waals surface area contributed by atoms with E-state index in [1.165, 1.54) is 12.0 Å². The number of hydrogen-bond donors (Lipinski definition) is 3. The van der Waals surface area contributed by atoms with Crippen LogP contribution in [0.1, 0.15) is 126 Å². The zero-order valence-electron chi connectivity index (χ0n) is 43.2. The van der Waals surface area contributed by atoms with E-state index < -0.39 is 85.6 Å². The van der Waals surface area contributed by atoms with Crippen LogP contribution in [0, 0.1) is 35.5 Å². The monoisotopic (exact) mass is 988 g/mol. The molecule has 0 aromatic rings. The van der Waals surface area contributed by atoms with Crippen molar-refractivity contribution in [1.29, 1.82) is 0 Å². The molecule has 4 aliphatic rings. The maximum atomic E-state index is 14.5. The Kier molecular flexibility index (Phi) is 23.3. The third-order valence-corrected chi connectivity index (χ3v) is 15.7. The maximum absolute atomic E-state index is 14.5. The molecular weight excluding hydrogens is 904 g/mol. The van der Waals surface area contributed by atoms with Gasteiger partial charge in [0.05, 0.1) is 18.3 Å². The van der Waals surface area contributed by atoms with Crippen molar-refractivity contribution in [1.82, 2.24) is 10.2 Å². The van der Waals surface area contributed by atoms with Gasteiger partial charge in [-0.1, -0.05) is 75.6 Å². The molecular formula is C53H84N2O13P+. The summed E-state index contributed by atoms with van der Waals surface area (Å²) < 4.78 is 41.7. The van der Waals surface area contributed by atoms with E-state index in [2.05, 4.69) is 5.32 Å². The predicted octanol–water partition coefficient (Wildman–Crippen LogP) is 7.19. The minimum Gasteiger partial charge on any atom is -0.460 e. The Bertz CT molecular complexity index is 1900. The molecule has 0 spiro atoms. The first kappa shape index (κ1) is 58.3. The van der Waals surface area contributed by atoms with Crippen LogP contribution >= 0.6 is 7.80 Å². The second kappa shape index (κ2) is 27.5. The summed E-state index contributed by atoms with van der Waals surface area (Å²) in [5.74, 6) is -7.91. The lowest BCUT2D eigenvalue weighted by Gasteiger charge is -2.42. The van der Waals surface area contributed by atoms with Gasteiger partial charge in [0.2, 0.25) is 5.79 Å². The zero-order valence-corrected chi connectivity index (χ0v) is 44.1. The molecule has 3 aliphatic heterocycles. The fourth-order valence-electron chi connectivity index (χ4n) is 10.6.